The zero-order valence-electron chi connectivity index (χ0n) is 19.4. The van der Waals surface area contributed by atoms with E-state index in [0.717, 1.165) is 12.1 Å². The highest BCUT2D eigenvalue weighted by Gasteiger charge is 2.55. The van der Waals surface area contributed by atoms with Gasteiger partial charge in [-0.15, -0.1) is 0 Å². The summed E-state index contributed by atoms with van der Waals surface area (Å²) in [7, 11) is 0. The van der Waals surface area contributed by atoms with E-state index in [1.807, 2.05) is 25.1 Å². The molecule has 0 saturated carbocycles. The number of hydrogen-bond acceptors (Lipinski definition) is 5. The van der Waals surface area contributed by atoms with Gasteiger partial charge in [-0.3, -0.25) is 24.3 Å². The lowest BCUT2D eigenvalue weighted by Crippen LogP contribution is -2.57. The smallest absolute Gasteiger partial charge is 0.325 e. The molecule has 0 unspecified atom stereocenters. The second-order valence-corrected chi connectivity index (χ2v) is 8.94. The molecule has 1 N–H and O–H groups in total. The van der Waals surface area contributed by atoms with Crippen molar-refractivity contribution in [2.24, 2.45) is 5.92 Å². The van der Waals surface area contributed by atoms with E-state index in [-0.39, 0.29) is 24.4 Å². The number of nitrogens with zero attached hydrogens (tertiary/aromatic N) is 3. The average molecular weight is 463 g/mol. The zero-order chi connectivity index (χ0) is 24.1. The molecule has 3 heterocycles. The summed E-state index contributed by atoms with van der Waals surface area (Å²) in [4.78, 5) is 58.8. The summed E-state index contributed by atoms with van der Waals surface area (Å²) in [6, 6.07) is 13.7. The van der Waals surface area contributed by atoms with E-state index < -0.39 is 17.2 Å². The van der Waals surface area contributed by atoms with Crippen molar-refractivity contribution in [3.8, 4) is 0 Å². The van der Waals surface area contributed by atoms with E-state index >= 15 is 0 Å². The quantitative estimate of drug-likeness (QED) is 0.369. The molecular formula is C26H30N4O4. The molecule has 1 aromatic carbocycles. The Morgan fingerprint density at radius 2 is 1.76 bits per heavy atom. The van der Waals surface area contributed by atoms with Gasteiger partial charge in [0, 0.05) is 43.5 Å². The Morgan fingerprint density at radius 3 is 2.41 bits per heavy atom. The van der Waals surface area contributed by atoms with Gasteiger partial charge >= 0.3 is 6.03 Å². The Bertz CT molecular complexity index is 1050. The first-order valence-corrected chi connectivity index (χ1v) is 11.9. The van der Waals surface area contributed by atoms with Gasteiger partial charge in [0.2, 0.25) is 5.78 Å². The summed E-state index contributed by atoms with van der Waals surface area (Å²) in [5, 5.41) is 3.01. The van der Waals surface area contributed by atoms with Crippen LogP contribution in [0.1, 0.15) is 48.7 Å². The molecule has 8 heteroatoms. The van der Waals surface area contributed by atoms with Crippen molar-refractivity contribution < 1.29 is 19.2 Å². The summed E-state index contributed by atoms with van der Waals surface area (Å²) < 4.78 is 0. The summed E-state index contributed by atoms with van der Waals surface area (Å²) in [6.45, 7) is 3.03. The minimum absolute atomic E-state index is 0.0976. The minimum atomic E-state index is -0.964. The molecule has 0 spiro atoms. The van der Waals surface area contributed by atoms with Crippen LogP contribution in [0.2, 0.25) is 0 Å². The number of carbonyl (C=O) groups is 4. The molecule has 8 nitrogen and oxygen atoms in total. The molecule has 178 valence electrons. The van der Waals surface area contributed by atoms with Crippen LogP contribution in [0.5, 0.6) is 0 Å². The number of piperidine rings is 1. The molecule has 2 saturated heterocycles. The number of pyridine rings is 1. The molecule has 0 bridgehead atoms. The van der Waals surface area contributed by atoms with Crippen molar-refractivity contribution in [2.45, 2.75) is 44.6 Å². The van der Waals surface area contributed by atoms with Gasteiger partial charge < -0.3 is 10.2 Å². The summed E-state index contributed by atoms with van der Waals surface area (Å²) >= 11 is 0. The number of urea groups is 1. The highest BCUT2D eigenvalue weighted by molar-refractivity contribution is 6.42. The maximum Gasteiger partial charge on any atom is 0.325 e. The number of hydrogen-bond donors (Lipinski definition) is 1. The summed E-state index contributed by atoms with van der Waals surface area (Å²) in [5.41, 5.74) is 0.235. The molecule has 0 aliphatic carbocycles. The Labute approximate surface area is 199 Å². The van der Waals surface area contributed by atoms with Crippen LogP contribution in [0.15, 0.2) is 54.7 Å². The number of nitrogens with one attached hydrogen (secondary N) is 1. The lowest BCUT2D eigenvalue weighted by molar-refractivity contribution is -0.135. The monoisotopic (exact) mass is 462 g/mol. The number of imide groups is 1. The van der Waals surface area contributed by atoms with Crippen LogP contribution in [0.4, 0.5) is 4.79 Å². The molecule has 34 heavy (non-hydrogen) atoms. The van der Waals surface area contributed by atoms with E-state index in [1.165, 1.54) is 4.90 Å². The lowest BCUT2D eigenvalue weighted by Gasteiger charge is -2.40. The Balaban J connectivity index is 1.42. The number of Topliss-reactive ketones (excluding diaryl/α,β-unsaturated/α-hetero) is 1. The topological polar surface area (TPSA) is 99.7 Å². The third kappa shape index (κ3) is 4.58. The Hall–Kier alpha value is -3.55. The van der Waals surface area contributed by atoms with E-state index in [0.29, 0.717) is 44.3 Å². The van der Waals surface area contributed by atoms with Crippen LogP contribution in [-0.4, -0.2) is 63.6 Å². The first-order valence-electron chi connectivity index (χ1n) is 11.9. The van der Waals surface area contributed by atoms with Crippen molar-refractivity contribution in [3.05, 3.63) is 66.0 Å². The first kappa shape index (κ1) is 23.6. The Morgan fingerprint density at radius 1 is 1.06 bits per heavy atom. The number of amides is 4. The standard InChI is InChI=1S/C26H30N4O4/c1-2-14-26(24(33)30(25(34)28-26)18-13-21-10-6-7-15-27-21)20-11-16-29(17-12-20)23(32)22(31)19-8-4-3-5-9-19/h3-10,15,20H,2,11-14,16-18H2,1H3,(H,28,34)/t26-/m0/s1. The van der Waals surface area contributed by atoms with E-state index in [2.05, 4.69) is 10.3 Å². The predicted molar refractivity (Wildman–Crippen MR) is 126 cm³/mol. The van der Waals surface area contributed by atoms with Gasteiger partial charge in [-0.25, -0.2) is 4.79 Å². The second-order valence-electron chi connectivity index (χ2n) is 8.94. The molecule has 1 atom stereocenters. The maximum absolute atomic E-state index is 13.5. The van der Waals surface area contributed by atoms with Crippen molar-refractivity contribution in [2.75, 3.05) is 19.6 Å². The van der Waals surface area contributed by atoms with Crippen LogP contribution < -0.4 is 5.32 Å². The highest BCUT2D eigenvalue weighted by atomic mass is 16.2. The van der Waals surface area contributed by atoms with Crippen molar-refractivity contribution >= 4 is 23.6 Å². The summed E-state index contributed by atoms with van der Waals surface area (Å²) in [5.74, 6) is -1.33. The molecule has 0 radical (unpaired) electrons. The highest BCUT2D eigenvalue weighted by Crippen LogP contribution is 2.37. The molecule has 4 rings (SSSR count). The fourth-order valence-corrected chi connectivity index (χ4v) is 5.10. The van der Waals surface area contributed by atoms with Crippen molar-refractivity contribution in [1.82, 2.24) is 20.1 Å². The summed E-state index contributed by atoms with van der Waals surface area (Å²) in [6.07, 6.45) is 4.57. The van der Waals surface area contributed by atoms with Crippen molar-refractivity contribution in [3.63, 3.8) is 0 Å². The van der Waals surface area contributed by atoms with Gasteiger partial charge in [-0.2, -0.15) is 0 Å². The van der Waals surface area contributed by atoms with Crippen LogP contribution in [0.25, 0.3) is 0 Å². The molecular weight excluding hydrogens is 432 g/mol. The molecule has 1 aromatic heterocycles. The number of likely N-dealkylation sites (tertiary alicyclic amines) is 1. The molecule has 4 amide bonds. The largest absolute Gasteiger partial charge is 0.336 e. The molecule has 2 aliphatic heterocycles. The molecule has 2 aliphatic rings. The van der Waals surface area contributed by atoms with Gasteiger partial charge in [0.1, 0.15) is 5.54 Å². The molecule has 2 fully saturated rings. The third-order valence-corrected chi connectivity index (χ3v) is 6.87. The number of benzene rings is 1. The fourth-order valence-electron chi connectivity index (χ4n) is 5.10. The fraction of sp³-hybridized carbons (Fsp3) is 0.423. The van der Waals surface area contributed by atoms with Gasteiger partial charge in [-0.05, 0) is 37.3 Å². The second kappa shape index (κ2) is 10.2. The van der Waals surface area contributed by atoms with Crippen LogP contribution in [0.3, 0.4) is 0 Å². The Kier molecular flexibility index (Phi) is 7.05. The van der Waals surface area contributed by atoms with Gasteiger partial charge in [0.15, 0.2) is 0 Å². The van der Waals surface area contributed by atoms with Gasteiger partial charge in [-0.1, -0.05) is 49.7 Å². The number of carbonyl (C=O) groups excluding carboxylic acids is 4. The van der Waals surface area contributed by atoms with Gasteiger partial charge in [0.25, 0.3) is 11.8 Å². The number of aromatic nitrogens is 1. The minimum Gasteiger partial charge on any atom is -0.336 e. The first-order chi connectivity index (χ1) is 16.5. The van der Waals surface area contributed by atoms with Crippen LogP contribution >= 0.6 is 0 Å². The van der Waals surface area contributed by atoms with Gasteiger partial charge in [0.05, 0.1) is 0 Å². The van der Waals surface area contributed by atoms with E-state index in [9.17, 15) is 19.2 Å². The normalized spacial score (nSPS) is 21.0. The van der Waals surface area contributed by atoms with Crippen LogP contribution in [-0.2, 0) is 16.0 Å². The lowest BCUT2D eigenvalue weighted by atomic mass is 9.74. The molecule has 2 aromatic rings. The zero-order valence-corrected chi connectivity index (χ0v) is 19.4. The maximum atomic E-state index is 13.5. The SMILES string of the molecule is CCC[C@@]1(C2CCN(C(=O)C(=O)c3ccccc3)CC2)NC(=O)N(CCc2ccccn2)C1=O. The number of rotatable bonds is 8. The van der Waals surface area contributed by atoms with E-state index in [4.69, 9.17) is 0 Å². The predicted octanol–water partition coefficient (Wildman–Crippen LogP) is 2.84. The van der Waals surface area contributed by atoms with Crippen LogP contribution in [0, 0.1) is 5.92 Å². The van der Waals surface area contributed by atoms with E-state index in [1.54, 1.807) is 41.4 Å². The number of ketones is 1. The van der Waals surface area contributed by atoms with Crippen molar-refractivity contribution in [1.29, 1.82) is 0 Å². The average Bonchev–Trinajstić information content (AvgIpc) is 3.12. The third-order valence-electron chi connectivity index (χ3n) is 6.87.